The summed E-state index contributed by atoms with van der Waals surface area (Å²) in [5.41, 5.74) is -0.861. The minimum absolute atomic E-state index is 0. The van der Waals surface area contributed by atoms with Gasteiger partial charge in [-0.3, -0.25) is 8.37 Å². The molecular weight excluding hydrogens is 382 g/mol. The molecule has 0 radical (unpaired) electrons. The Morgan fingerprint density at radius 2 is 1.62 bits per heavy atom. The van der Waals surface area contributed by atoms with E-state index in [1.807, 2.05) is 13.8 Å². The molecule has 26 heavy (non-hydrogen) atoms. The van der Waals surface area contributed by atoms with E-state index in [1.54, 1.807) is 13.8 Å². The molecule has 0 aliphatic carbocycles. The number of rotatable bonds is 7. The van der Waals surface area contributed by atoms with Crippen LogP contribution in [0.4, 0.5) is 0 Å². The molecule has 0 heterocycles. The molecule has 10 heteroatoms. The summed E-state index contributed by atoms with van der Waals surface area (Å²) in [7, 11) is -6.47. The first-order chi connectivity index (χ1) is 11.7. The van der Waals surface area contributed by atoms with E-state index < -0.39 is 30.7 Å². The number of benzene rings is 1. The predicted molar refractivity (Wildman–Crippen MR) is 165 cm³/mol. The molecule has 8 nitrogen and oxygen atoms in total. The SMILES string of the molecule is COS(=O)(=O)c1ccc(/C=[N+](\[O-])C(C)(C)C(C)C)c(S(=O)(=O)OC)c1C.[HH].[HH].[HH].[HH].[HH].[HH].[HH].[HH].[HH].[HH].[HH].[HH].[HH].[HH].[HH].[HH].[HH].[HH].[HH].[HH].[HH].[HH].[HH].[HH].[HH].[HH].[HH].[HH].[HH].[HH].[HH].[HH]. The second-order valence-corrected chi connectivity index (χ2v) is 9.94. The molecule has 0 bridgehead atoms. The van der Waals surface area contributed by atoms with Crippen LogP contribution in [0.15, 0.2) is 21.9 Å². The van der Waals surface area contributed by atoms with Crippen LogP contribution in [0.5, 0.6) is 0 Å². The molecule has 1 rings (SSSR count). The minimum atomic E-state index is -4.28. The monoisotopic (exact) mass is 472 g/mol. The van der Waals surface area contributed by atoms with Gasteiger partial charge in [0.2, 0.25) is 0 Å². The summed E-state index contributed by atoms with van der Waals surface area (Å²) in [4.78, 5) is -0.702. The zero-order valence-corrected chi connectivity index (χ0v) is 17.6. The Kier molecular flexibility index (Phi) is 6.62. The molecule has 0 saturated heterocycles. The van der Waals surface area contributed by atoms with E-state index in [9.17, 15) is 22.0 Å². The number of nitrogens with zero attached hydrogens (tertiary/aromatic N) is 1. The molecule has 0 N–H and O–H groups in total. The first kappa shape index (κ1) is 22.6. The van der Waals surface area contributed by atoms with Gasteiger partial charge in [-0.15, -0.1) is 0 Å². The smallest absolute Gasteiger partial charge is 0.297 e. The van der Waals surface area contributed by atoms with Gasteiger partial charge in [0.15, 0.2) is 11.8 Å². The third-order valence-corrected chi connectivity index (χ3v) is 7.48. The van der Waals surface area contributed by atoms with Crippen molar-refractivity contribution in [2.45, 2.75) is 49.9 Å². The third-order valence-electron chi connectivity index (χ3n) is 4.58. The molecule has 0 amide bonds. The maximum Gasteiger partial charge on any atom is 0.297 e. The molecular formula is C16H89NO7S2. The van der Waals surface area contributed by atoms with E-state index in [1.165, 1.54) is 19.1 Å². The van der Waals surface area contributed by atoms with Gasteiger partial charge in [0, 0.05) is 65.4 Å². The summed E-state index contributed by atoms with van der Waals surface area (Å²) in [6.45, 7) is 8.50. The summed E-state index contributed by atoms with van der Waals surface area (Å²) >= 11 is 0. The lowest BCUT2D eigenvalue weighted by Crippen LogP contribution is -2.39. The average molecular weight is 472 g/mol. The van der Waals surface area contributed by atoms with Crippen LogP contribution in [-0.4, -0.2) is 47.5 Å². The van der Waals surface area contributed by atoms with E-state index in [2.05, 4.69) is 8.37 Å². The molecule has 1 aromatic rings. The van der Waals surface area contributed by atoms with Crippen molar-refractivity contribution < 1.29 is 75.6 Å². The number of hydrogen-bond donors (Lipinski definition) is 0. The van der Waals surface area contributed by atoms with Crippen LogP contribution < -0.4 is 0 Å². The Morgan fingerprint density at radius 3 is 2.04 bits per heavy atom. The third kappa shape index (κ3) is 4.25. The Hall–Kier alpha value is -1.49. The summed E-state index contributed by atoms with van der Waals surface area (Å²) in [5, 5.41) is 12.6. The maximum absolute atomic E-state index is 12.6. The van der Waals surface area contributed by atoms with Crippen LogP contribution in [-0.2, 0) is 28.6 Å². The fourth-order valence-corrected chi connectivity index (χ4v) is 4.14. The lowest BCUT2D eigenvalue weighted by atomic mass is 9.91. The second kappa shape index (κ2) is 7.63. The summed E-state index contributed by atoms with van der Waals surface area (Å²) in [6.07, 6.45) is 1.13. The topological polar surface area (TPSA) is 113 Å². The molecule has 1 aromatic carbocycles. The molecule has 212 valence electrons. The quantitative estimate of drug-likeness (QED) is 0.128. The number of hydroxylamine groups is 1. The fraction of sp³-hybridized carbons (Fsp3) is 0.562. The normalized spacial score (nSPS) is 14.1. The standard InChI is InChI=1S/C16H25NO7S2.32H2/c1-11(2)16(4,5)17(18)10-13-8-9-14(25(19,20)23-6)12(3)15(13)26(21,22)24-7;;;;;;;;;;;;;;;;;;;;;;;;;;;;;;;;/h8-11H,1-7H3;32*1H/b17-10-;;;;;;;;;;;;;;;;;;;;;;;;;;;;;;;;. The zero-order valence-electron chi connectivity index (χ0n) is 15.9. The van der Waals surface area contributed by atoms with Crippen LogP contribution >= 0.6 is 0 Å². The first-order valence-electron chi connectivity index (χ1n) is 7.78. The van der Waals surface area contributed by atoms with Crippen molar-refractivity contribution in [3.05, 3.63) is 28.5 Å². The van der Waals surface area contributed by atoms with Gasteiger partial charge >= 0.3 is 0 Å². The van der Waals surface area contributed by atoms with E-state index in [-0.39, 0.29) is 67.6 Å². The highest BCUT2D eigenvalue weighted by molar-refractivity contribution is 7.87. The van der Waals surface area contributed by atoms with E-state index in [0.717, 1.165) is 20.4 Å². The van der Waals surface area contributed by atoms with Crippen molar-refractivity contribution in [2.24, 2.45) is 5.92 Å². The first-order valence-corrected chi connectivity index (χ1v) is 10.6. The summed E-state index contributed by atoms with van der Waals surface area (Å²) in [6, 6.07) is 2.44. The molecule has 0 fully saturated rings. The highest BCUT2D eigenvalue weighted by Gasteiger charge is 2.33. The van der Waals surface area contributed by atoms with Crippen molar-refractivity contribution in [1.82, 2.24) is 0 Å². The van der Waals surface area contributed by atoms with Crippen LogP contribution in [0.3, 0.4) is 0 Å². The van der Waals surface area contributed by atoms with Gasteiger partial charge in [0.1, 0.15) is 4.90 Å². The van der Waals surface area contributed by atoms with Crippen LogP contribution in [0.2, 0.25) is 0 Å². The maximum atomic E-state index is 12.6. The van der Waals surface area contributed by atoms with Crippen molar-refractivity contribution in [3.8, 4) is 0 Å². The van der Waals surface area contributed by atoms with Crippen molar-refractivity contribution >= 4 is 26.5 Å². The fourth-order valence-electron chi connectivity index (χ4n) is 2.12. The van der Waals surface area contributed by atoms with Gasteiger partial charge in [-0.05, 0) is 24.6 Å². The van der Waals surface area contributed by atoms with Gasteiger partial charge in [-0.2, -0.15) is 16.8 Å². The lowest BCUT2D eigenvalue weighted by Gasteiger charge is -2.28. The molecule has 0 spiro atoms. The zero-order chi connectivity index (χ0) is 20.5. The molecule has 0 unspecified atom stereocenters. The van der Waals surface area contributed by atoms with Crippen LogP contribution in [0, 0.1) is 18.0 Å². The Balaban J connectivity index is -0.00000000704. The Morgan fingerprint density at radius 1 is 1.12 bits per heavy atom. The number of hydrogen-bond acceptors (Lipinski definition) is 7. The van der Waals surface area contributed by atoms with Gasteiger partial charge in [0.25, 0.3) is 20.2 Å². The molecule has 0 aliphatic heterocycles. The van der Waals surface area contributed by atoms with E-state index in [4.69, 9.17) is 0 Å². The largest absolute Gasteiger partial charge is 0.623 e. The minimum Gasteiger partial charge on any atom is -0.623 e. The Labute approximate surface area is 202 Å². The van der Waals surface area contributed by atoms with Crippen molar-refractivity contribution in [3.63, 3.8) is 0 Å². The highest BCUT2D eigenvalue weighted by atomic mass is 32.2. The van der Waals surface area contributed by atoms with Crippen LogP contribution in [0.25, 0.3) is 0 Å². The highest BCUT2D eigenvalue weighted by Crippen LogP contribution is 2.29. The van der Waals surface area contributed by atoms with Crippen molar-refractivity contribution in [2.75, 3.05) is 14.2 Å². The Bertz CT molecular complexity index is 972. The summed E-state index contributed by atoms with van der Waals surface area (Å²) < 4.78 is 58.5. The molecule has 0 saturated carbocycles. The van der Waals surface area contributed by atoms with E-state index in [0.29, 0.717) is 4.74 Å². The second-order valence-electron chi connectivity index (χ2n) is 6.61. The lowest BCUT2D eigenvalue weighted by molar-refractivity contribution is -0.545. The predicted octanol–water partition coefficient (Wildman–Crippen LogP) is 9.90. The summed E-state index contributed by atoms with van der Waals surface area (Å²) in [5.74, 6) is -0.0204. The van der Waals surface area contributed by atoms with Gasteiger partial charge in [-0.25, -0.2) is 4.74 Å². The van der Waals surface area contributed by atoms with Gasteiger partial charge in [-0.1, -0.05) is 13.8 Å². The van der Waals surface area contributed by atoms with Crippen LogP contribution in [0.1, 0.15) is 84.5 Å². The molecule has 0 atom stereocenters. The average Bonchev–Trinajstić information content (AvgIpc) is 2.54. The van der Waals surface area contributed by atoms with E-state index >= 15 is 0 Å². The van der Waals surface area contributed by atoms with Crippen molar-refractivity contribution in [1.29, 1.82) is 0 Å². The molecule has 0 aromatic heterocycles. The molecule has 0 aliphatic rings. The van der Waals surface area contributed by atoms with Gasteiger partial charge in [0.05, 0.1) is 24.7 Å². The van der Waals surface area contributed by atoms with Gasteiger partial charge < -0.3 is 5.21 Å².